The summed E-state index contributed by atoms with van der Waals surface area (Å²) in [7, 11) is 2.82. The van der Waals surface area contributed by atoms with Gasteiger partial charge in [0.1, 0.15) is 17.1 Å². The van der Waals surface area contributed by atoms with E-state index < -0.39 is 5.78 Å². The Morgan fingerprint density at radius 2 is 1.89 bits per heavy atom. The summed E-state index contributed by atoms with van der Waals surface area (Å²) in [4.78, 5) is 13.2. The van der Waals surface area contributed by atoms with Crippen LogP contribution in [0.2, 0.25) is 0 Å². The molecule has 6 nitrogen and oxygen atoms in total. The van der Waals surface area contributed by atoms with Crippen molar-refractivity contribution >= 4 is 22.8 Å². The molecule has 1 aromatic heterocycles. The van der Waals surface area contributed by atoms with E-state index >= 15 is 0 Å². The molecule has 0 spiro atoms. The number of hydrogen-bond donors (Lipinski definition) is 2. The number of rotatable bonds is 6. The van der Waals surface area contributed by atoms with Crippen molar-refractivity contribution in [1.29, 1.82) is 0 Å². The highest BCUT2D eigenvalue weighted by molar-refractivity contribution is 6.18. The Bertz CT molecular complexity index is 1030. The standard InChI is InChI=1S/C21H20O6/c1-4-13(10-12-6-5-7-14(22)11-12)17(23)16-18(24)21(26-3)20-15(8-9-27-20)19(16)25-2/h5-11,22,24H,4H2,1-3H3/b13-10+. The van der Waals surface area contributed by atoms with Crippen LogP contribution in [0.1, 0.15) is 29.3 Å². The first-order valence-electron chi connectivity index (χ1n) is 8.40. The number of benzene rings is 2. The zero-order valence-electron chi connectivity index (χ0n) is 15.3. The third-order valence-electron chi connectivity index (χ3n) is 4.31. The van der Waals surface area contributed by atoms with Crippen molar-refractivity contribution in [3.63, 3.8) is 0 Å². The summed E-state index contributed by atoms with van der Waals surface area (Å²) in [5, 5.41) is 20.9. The summed E-state index contributed by atoms with van der Waals surface area (Å²) < 4.78 is 16.0. The lowest BCUT2D eigenvalue weighted by Gasteiger charge is -2.15. The average molecular weight is 368 g/mol. The molecule has 0 atom stereocenters. The molecule has 2 aromatic carbocycles. The SMILES string of the molecule is CC/C(=C\c1cccc(O)c1)C(=O)c1c(O)c(OC)c2occc2c1OC. The first-order chi connectivity index (χ1) is 13.0. The molecule has 3 aromatic rings. The van der Waals surface area contributed by atoms with Crippen LogP contribution in [-0.2, 0) is 0 Å². The lowest BCUT2D eigenvalue weighted by Crippen LogP contribution is -2.07. The van der Waals surface area contributed by atoms with Crippen LogP contribution in [0.4, 0.5) is 0 Å². The lowest BCUT2D eigenvalue weighted by atomic mass is 9.95. The number of carbonyl (C=O) groups excluding carboxylic acids is 1. The second kappa shape index (κ2) is 7.45. The van der Waals surface area contributed by atoms with Crippen LogP contribution in [0.3, 0.4) is 0 Å². The van der Waals surface area contributed by atoms with Crippen LogP contribution in [0.15, 0.2) is 46.6 Å². The summed E-state index contributed by atoms with van der Waals surface area (Å²) in [5.41, 5.74) is 1.43. The molecule has 0 unspecified atom stereocenters. The highest BCUT2D eigenvalue weighted by Crippen LogP contribution is 2.46. The number of phenolic OH excluding ortho intramolecular Hbond substituents is 2. The number of allylic oxidation sites excluding steroid dienone is 1. The van der Waals surface area contributed by atoms with Gasteiger partial charge in [-0.05, 0) is 36.3 Å². The number of fused-ring (bicyclic) bond motifs is 1. The third-order valence-corrected chi connectivity index (χ3v) is 4.31. The van der Waals surface area contributed by atoms with Gasteiger partial charge in [-0.15, -0.1) is 0 Å². The first-order valence-corrected chi connectivity index (χ1v) is 8.40. The van der Waals surface area contributed by atoms with E-state index in [4.69, 9.17) is 13.9 Å². The van der Waals surface area contributed by atoms with Crippen molar-refractivity contribution in [2.45, 2.75) is 13.3 Å². The molecule has 0 radical (unpaired) electrons. The highest BCUT2D eigenvalue weighted by Gasteiger charge is 2.28. The molecule has 0 fully saturated rings. The third kappa shape index (κ3) is 3.21. The van der Waals surface area contributed by atoms with E-state index in [1.165, 1.54) is 20.5 Å². The maximum Gasteiger partial charge on any atom is 0.205 e. The molecule has 0 aliphatic rings. The number of ether oxygens (including phenoxy) is 2. The van der Waals surface area contributed by atoms with E-state index in [1.807, 2.05) is 6.92 Å². The number of hydrogen-bond acceptors (Lipinski definition) is 6. The second-order valence-corrected chi connectivity index (χ2v) is 5.90. The summed E-state index contributed by atoms with van der Waals surface area (Å²) in [6.07, 6.45) is 3.53. The van der Waals surface area contributed by atoms with E-state index in [9.17, 15) is 15.0 Å². The van der Waals surface area contributed by atoms with Gasteiger partial charge < -0.3 is 24.1 Å². The number of carbonyl (C=O) groups is 1. The minimum atomic E-state index is -0.392. The number of ketones is 1. The summed E-state index contributed by atoms with van der Waals surface area (Å²) in [6, 6.07) is 8.23. The lowest BCUT2D eigenvalue weighted by molar-refractivity contribution is 0.102. The number of methoxy groups -OCH3 is 2. The van der Waals surface area contributed by atoms with Gasteiger partial charge in [-0.1, -0.05) is 19.1 Å². The Morgan fingerprint density at radius 1 is 1.15 bits per heavy atom. The fraction of sp³-hybridized carbons (Fsp3) is 0.190. The largest absolute Gasteiger partial charge is 0.508 e. The topological polar surface area (TPSA) is 89.1 Å². The summed E-state index contributed by atoms with van der Waals surface area (Å²) in [5.74, 6) is -0.327. The van der Waals surface area contributed by atoms with E-state index in [1.54, 1.807) is 36.4 Å². The normalized spacial score (nSPS) is 11.6. The summed E-state index contributed by atoms with van der Waals surface area (Å²) in [6.45, 7) is 1.84. The van der Waals surface area contributed by atoms with Crippen LogP contribution in [-0.4, -0.2) is 30.2 Å². The molecule has 27 heavy (non-hydrogen) atoms. The number of Topliss-reactive ketones (excluding diaryl/α,β-unsaturated/α-hetero) is 1. The van der Waals surface area contributed by atoms with Crippen molar-refractivity contribution < 1.29 is 28.9 Å². The van der Waals surface area contributed by atoms with Crippen LogP contribution in [0.25, 0.3) is 17.0 Å². The molecule has 3 rings (SSSR count). The number of phenols is 2. The number of furan rings is 1. The second-order valence-electron chi connectivity index (χ2n) is 5.90. The Kier molecular flexibility index (Phi) is 5.07. The predicted octanol–water partition coefficient (Wildman–Crippen LogP) is 4.54. The molecule has 1 heterocycles. The van der Waals surface area contributed by atoms with Crippen molar-refractivity contribution in [3.05, 3.63) is 53.3 Å². The highest BCUT2D eigenvalue weighted by atomic mass is 16.5. The first kappa shape index (κ1) is 18.4. The molecule has 0 amide bonds. The van der Waals surface area contributed by atoms with Gasteiger partial charge in [0.15, 0.2) is 17.1 Å². The van der Waals surface area contributed by atoms with E-state index in [-0.39, 0.29) is 28.6 Å². The van der Waals surface area contributed by atoms with Crippen molar-refractivity contribution in [3.8, 4) is 23.0 Å². The zero-order valence-corrected chi connectivity index (χ0v) is 15.3. The van der Waals surface area contributed by atoms with Gasteiger partial charge in [0.2, 0.25) is 5.75 Å². The van der Waals surface area contributed by atoms with Gasteiger partial charge in [-0.25, -0.2) is 0 Å². The Morgan fingerprint density at radius 3 is 2.52 bits per heavy atom. The molecule has 0 saturated carbocycles. The molecule has 2 N–H and O–H groups in total. The smallest absolute Gasteiger partial charge is 0.205 e. The minimum absolute atomic E-state index is 0.0107. The monoisotopic (exact) mass is 368 g/mol. The quantitative estimate of drug-likeness (QED) is 0.491. The Labute approximate surface area is 156 Å². The van der Waals surface area contributed by atoms with Gasteiger partial charge in [0.05, 0.1) is 25.9 Å². The van der Waals surface area contributed by atoms with Crippen molar-refractivity contribution in [2.24, 2.45) is 0 Å². The molecular weight excluding hydrogens is 348 g/mol. The molecule has 0 saturated heterocycles. The Hall–Kier alpha value is -3.41. The predicted molar refractivity (Wildman–Crippen MR) is 102 cm³/mol. The summed E-state index contributed by atoms with van der Waals surface area (Å²) >= 11 is 0. The molecule has 0 aliphatic heterocycles. The maximum atomic E-state index is 13.2. The van der Waals surface area contributed by atoms with Crippen LogP contribution in [0.5, 0.6) is 23.0 Å². The van der Waals surface area contributed by atoms with Crippen LogP contribution in [0, 0.1) is 0 Å². The minimum Gasteiger partial charge on any atom is -0.508 e. The van der Waals surface area contributed by atoms with Crippen LogP contribution >= 0.6 is 0 Å². The zero-order chi connectivity index (χ0) is 19.6. The van der Waals surface area contributed by atoms with E-state index in [2.05, 4.69) is 0 Å². The average Bonchev–Trinajstić information content (AvgIpc) is 3.14. The fourth-order valence-electron chi connectivity index (χ4n) is 3.04. The van der Waals surface area contributed by atoms with Gasteiger partial charge in [-0.3, -0.25) is 4.79 Å². The van der Waals surface area contributed by atoms with Crippen molar-refractivity contribution in [1.82, 2.24) is 0 Å². The molecule has 0 aliphatic carbocycles. The van der Waals surface area contributed by atoms with Gasteiger partial charge in [-0.2, -0.15) is 0 Å². The van der Waals surface area contributed by atoms with Crippen LogP contribution < -0.4 is 9.47 Å². The van der Waals surface area contributed by atoms with Gasteiger partial charge in [0, 0.05) is 5.57 Å². The molecule has 140 valence electrons. The van der Waals surface area contributed by atoms with E-state index in [0.717, 1.165) is 0 Å². The van der Waals surface area contributed by atoms with Crippen molar-refractivity contribution in [2.75, 3.05) is 14.2 Å². The maximum absolute atomic E-state index is 13.2. The fourth-order valence-corrected chi connectivity index (χ4v) is 3.04. The molecule has 0 bridgehead atoms. The van der Waals surface area contributed by atoms with E-state index in [0.29, 0.717) is 28.5 Å². The van der Waals surface area contributed by atoms with Gasteiger partial charge >= 0.3 is 0 Å². The number of aromatic hydroxyl groups is 2. The molecular formula is C21H20O6. The van der Waals surface area contributed by atoms with Gasteiger partial charge in [0.25, 0.3) is 0 Å². The molecule has 6 heteroatoms. The Balaban J connectivity index is 2.20.